The topological polar surface area (TPSA) is 0 Å². The lowest BCUT2D eigenvalue weighted by Gasteiger charge is -2.19. The van der Waals surface area contributed by atoms with Crippen LogP contribution in [0.1, 0.15) is 18.9 Å². The summed E-state index contributed by atoms with van der Waals surface area (Å²) in [5.74, 6) is 0. The maximum atomic E-state index is 13.6. The molecule has 12 heavy (non-hydrogen) atoms. The van der Waals surface area contributed by atoms with Crippen molar-refractivity contribution in [2.75, 3.05) is 6.67 Å². The minimum absolute atomic E-state index is 0.174. The summed E-state index contributed by atoms with van der Waals surface area (Å²) >= 11 is 0. The third kappa shape index (κ3) is 1.63. The first-order valence-electron chi connectivity index (χ1n) is 4.03. The maximum absolute atomic E-state index is 13.6. The van der Waals surface area contributed by atoms with Gasteiger partial charge in [-0.2, -0.15) is 0 Å². The Labute approximate surface area is 71.2 Å². The van der Waals surface area contributed by atoms with Gasteiger partial charge in [-0.15, -0.1) is 0 Å². The molecule has 0 saturated heterocycles. The van der Waals surface area contributed by atoms with Gasteiger partial charge >= 0.3 is 0 Å². The molecule has 0 fully saturated rings. The summed E-state index contributed by atoms with van der Waals surface area (Å²) in [7, 11) is 0. The van der Waals surface area contributed by atoms with E-state index in [1.165, 1.54) is 0 Å². The molecule has 66 valence electrons. The van der Waals surface area contributed by atoms with E-state index in [9.17, 15) is 8.78 Å². The predicted octanol–water partition coefficient (Wildman–Crippen LogP) is 3.23. The Hall–Kier alpha value is -0.920. The van der Waals surface area contributed by atoms with Crippen molar-refractivity contribution in [1.29, 1.82) is 0 Å². The van der Waals surface area contributed by atoms with E-state index >= 15 is 0 Å². The lowest BCUT2D eigenvalue weighted by atomic mass is 9.95. The minimum atomic E-state index is -1.79. The van der Waals surface area contributed by atoms with Crippen molar-refractivity contribution in [3.8, 4) is 0 Å². The van der Waals surface area contributed by atoms with Crippen LogP contribution in [-0.2, 0) is 5.67 Å². The molecule has 0 aliphatic rings. The third-order valence-electron chi connectivity index (χ3n) is 2.06. The highest BCUT2D eigenvalue weighted by Crippen LogP contribution is 2.29. The molecule has 0 amide bonds. The quantitative estimate of drug-likeness (QED) is 0.653. The molecule has 2 heteroatoms. The number of alkyl halides is 2. The van der Waals surface area contributed by atoms with Gasteiger partial charge in [0.05, 0.1) is 0 Å². The largest absolute Gasteiger partial charge is 0.247 e. The van der Waals surface area contributed by atoms with Crippen molar-refractivity contribution in [1.82, 2.24) is 0 Å². The zero-order valence-corrected chi connectivity index (χ0v) is 7.06. The molecule has 1 aromatic carbocycles. The molecule has 0 aliphatic carbocycles. The molecular formula is C10H12F2. The molecular weight excluding hydrogens is 158 g/mol. The fraction of sp³-hybridized carbons (Fsp3) is 0.400. The molecule has 1 unspecified atom stereocenters. The Balaban J connectivity index is 2.95. The highest BCUT2D eigenvalue weighted by atomic mass is 19.2. The second kappa shape index (κ2) is 3.65. The smallest absolute Gasteiger partial charge is 0.163 e. The van der Waals surface area contributed by atoms with Crippen LogP contribution in [-0.4, -0.2) is 6.67 Å². The number of hydrogen-bond donors (Lipinski definition) is 0. The first-order chi connectivity index (χ1) is 5.73. The molecule has 0 radical (unpaired) electrons. The number of rotatable bonds is 3. The van der Waals surface area contributed by atoms with Crippen molar-refractivity contribution in [2.24, 2.45) is 0 Å². The monoisotopic (exact) mass is 170 g/mol. The van der Waals surface area contributed by atoms with Gasteiger partial charge < -0.3 is 0 Å². The van der Waals surface area contributed by atoms with Gasteiger partial charge in [0, 0.05) is 0 Å². The first-order valence-corrected chi connectivity index (χ1v) is 4.03. The summed E-state index contributed by atoms with van der Waals surface area (Å²) in [6.45, 7) is 0.695. The Kier molecular flexibility index (Phi) is 2.79. The molecule has 0 nitrogen and oxygen atoms in total. The molecule has 1 rings (SSSR count). The van der Waals surface area contributed by atoms with Crippen LogP contribution < -0.4 is 0 Å². The van der Waals surface area contributed by atoms with Gasteiger partial charge in [0.15, 0.2) is 5.67 Å². The third-order valence-corrected chi connectivity index (χ3v) is 2.06. The highest BCUT2D eigenvalue weighted by Gasteiger charge is 2.29. The van der Waals surface area contributed by atoms with E-state index in [-0.39, 0.29) is 6.42 Å². The van der Waals surface area contributed by atoms with Gasteiger partial charge in [0.1, 0.15) is 6.67 Å². The van der Waals surface area contributed by atoms with Crippen LogP contribution in [0.3, 0.4) is 0 Å². The molecule has 0 heterocycles. The molecule has 1 aromatic rings. The Morgan fingerprint density at radius 3 is 2.25 bits per heavy atom. The van der Waals surface area contributed by atoms with Gasteiger partial charge in [0.25, 0.3) is 0 Å². The van der Waals surface area contributed by atoms with Gasteiger partial charge in [-0.1, -0.05) is 37.3 Å². The fourth-order valence-electron chi connectivity index (χ4n) is 1.11. The van der Waals surface area contributed by atoms with Crippen LogP contribution in [0.2, 0.25) is 0 Å². The summed E-state index contributed by atoms with van der Waals surface area (Å²) in [4.78, 5) is 0. The van der Waals surface area contributed by atoms with Crippen LogP contribution >= 0.6 is 0 Å². The molecule has 0 aliphatic heterocycles. The average molecular weight is 170 g/mol. The van der Waals surface area contributed by atoms with Crippen LogP contribution in [0.5, 0.6) is 0 Å². The predicted molar refractivity (Wildman–Crippen MR) is 45.5 cm³/mol. The van der Waals surface area contributed by atoms with Gasteiger partial charge in [-0.05, 0) is 12.0 Å². The number of halogens is 2. The lowest BCUT2D eigenvalue weighted by molar-refractivity contribution is 0.114. The van der Waals surface area contributed by atoms with Crippen molar-refractivity contribution >= 4 is 0 Å². The second-order valence-corrected chi connectivity index (χ2v) is 2.82. The summed E-state index contributed by atoms with van der Waals surface area (Å²) in [5, 5.41) is 0. The summed E-state index contributed by atoms with van der Waals surface area (Å²) in [5.41, 5.74) is -1.36. The summed E-state index contributed by atoms with van der Waals surface area (Å²) < 4.78 is 26.0. The first kappa shape index (κ1) is 9.17. The zero-order chi connectivity index (χ0) is 9.03. The van der Waals surface area contributed by atoms with Crippen molar-refractivity contribution < 1.29 is 8.78 Å². The highest BCUT2D eigenvalue weighted by molar-refractivity contribution is 5.22. The molecule has 0 spiro atoms. The SMILES string of the molecule is CCC(F)(CF)c1ccccc1. The maximum Gasteiger partial charge on any atom is 0.163 e. The Morgan fingerprint density at radius 2 is 1.83 bits per heavy atom. The Morgan fingerprint density at radius 1 is 1.25 bits per heavy atom. The van der Waals surface area contributed by atoms with E-state index < -0.39 is 12.3 Å². The standard InChI is InChI=1S/C10H12F2/c1-2-10(12,8-11)9-6-4-3-5-7-9/h3-7H,2,8H2,1H3. The molecule has 0 bridgehead atoms. The van der Waals surface area contributed by atoms with Crippen molar-refractivity contribution in [3.63, 3.8) is 0 Å². The van der Waals surface area contributed by atoms with E-state index in [0.717, 1.165) is 0 Å². The molecule has 0 N–H and O–H groups in total. The summed E-state index contributed by atoms with van der Waals surface area (Å²) in [6, 6.07) is 8.45. The van der Waals surface area contributed by atoms with Crippen molar-refractivity contribution in [2.45, 2.75) is 19.0 Å². The molecule has 1 atom stereocenters. The van der Waals surface area contributed by atoms with E-state index in [1.54, 1.807) is 37.3 Å². The van der Waals surface area contributed by atoms with Crippen LogP contribution in [0, 0.1) is 0 Å². The minimum Gasteiger partial charge on any atom is -0.247 e. The van der Waals surface area contributed by atoms with E-state index in [2.05, 4.69) is 0 Å². The molecule has 0 aromatic heterocycles. The molecule has 0 saturated carbocycles. The van der Waals surface area contributed by atoms with Crippen LogP contribution in [0.4, 0.5) is 8.78 Å². The van der Waals surface area contributed by atoms with Gasteiger partial charge in [0.2, 0.25) is 0 Å². The second-order valence-electron chi connectivity index (χ2n) is 2.82. The van der Waals surface area contributed by atoms with E-state index in [4.69, 9.17) is 0 Å². The van der Waals surface area contributed by atoms with Crippen molar-refractivity contribution in [3.05, 3.63) is 35.9 Å². The van der Waals surface area contributed by atoms with E-state index in [1.807, 2.05) is 0 Å². The number of hydrogen-bond acceptors (Lipinski definition) is 0. The lowest BCUT2D eigenvalue weighted by Crippen LogP contribution is -2.21. The normalized spacial score (nSPS) is 15.6. The van der Waals surface area contributed by atoms with Gasteiger partial charge in [-0.3, -0.25) is 0 Å². The number of benzene rings is 1. The summed E-state index contributed by atoms with van der Waals surface area (Å²) in [6.07, 6.45) is 0.174. The fourth-order valence-corrected chi connectivity index (χ4v) is 1.11. The van der Waals surface area contributed by atoms with Gasteiger partial charge in [-0.25, -0.2) is 8.78 Å². The Bertz CT molecular complexity index is 227. The average Bonchev–Trinajstić information content (AvgIpc) is 2.18. The van der Waals surface area contributed by atoms with Crippen LogP contribution in [0.25, 0.3) is 0 Å². The van der Waals surface area contributed by atoms with Crippen LogP contribution in [0.15, 0.2) is 30.3 Å². The zero-order valence-electron chi connectivity index (χ0n) is 7.06. The van der Waals surface area contributed by atoms with E-state index in [0.29, 0.717) is 5.56 Å².